The highest BCUT2D eigenvalue weighted by Gasteiger charge is 2.24. The molecular formula is C20H27N3O3S. The number of nitrogens with two attached hydrogens (primary N) is 1. The summed E-state index contributed by atoms with van der Waals surface area (Å²) in [6.45, 7) is 2.66. The van der Waals surface area contributed by atoms with Crippen molar-refractivity contribution >= 4 is 15.9 Å². The minimum atomic E-state index is -3.87. The molecule has 1 unspecified atom stereocenters. The highest BCUT2D eigenvalue weighted by Crippen LogP contribution is 2.18. The maximum Gasteiger partial charge on any atom is 0.254 e. The highest BCUT2D eigenvalue weighted by molar-refractivity contribution is 7.89. The Morgan fingerprint density at radius 1 is 1.11 bits per heavy atom. The van der Waals surface area contributed by atoms with Crippen molar-refractivity contribution in [3.05, 3.63) is 65.7 Å². The van der Waals surface area contributed by atoms with Crippen molar-refractivity contribution in [2.45, 2.75) is 30.7 Å². The molecule has 6 nitrogen and oxygen atoms in total. The Kier molecular flexibility index (Phi) is 7.53. The minimum absolute atomic E-state index is 0.0291. The molecule has 27 heavy (non-hydrogen) atoms. The fourth-order valence-electron chi connectivity index (χ4n) is 2.68. The van der Waals surface area contributed by atoms with Gasteiger partial charge in [-0.05, 0) is 24.1 Å². The van der Waals surface area contributed by atoms with Crippen molar-refractivity contribution in [2.75, 3.05) is 20.1 Å². The van der Waals surface area contributed by atoms with Gasteiger partial charge in [-0.25, -0.2) is 13.1 Å². The van der Waals surface area contributed by atoms with Crippen LogP contribution in [0.15, 0.2) is 59.5 Å². The highest BCUT2D eigenvalue weighted by atomic mass is 32.2. The molecule has 0 radical (unpaired) electrons. The second kappa shape index (κ2) is 9.64. The Bertz CT molecular complexity index is 854. The lowest BCUT2D eigenvalue weighted by Crippen LogP contribution is -2.34. The van der Waals surface area contributed by atoms with Crippen LogP contribution in [0.3, 0.4) is 0 Å². The average Bonchev–Trinajstić information content (AvgIpc) is 2.70. The number of rotatable bonds is 9. The third-order valence-electron chi connectivity index (χ3n) is 4.32. The van der Waals surface area contributed by atoms with E-state index >= 15 is 0 Å². The first kappa shape index (κ1) is 21.1. The van der Waals surface area contributed by atoms with Gasteiger partial charge in [-0.3, -0.25) is 4.79 Å². The minimum Gasteiger partial charge on any atom is -0.342 e. The van der Waals surface area contributed by atoms with E-state index in [0.29, 0.717) is 6.54 Å². The number of nitrogens with zero attached hydrogens (tertiary/aromatic N) is 1. The van der Waals surface area contributed by atoms with Crippen molar-refractivity contribution in [1.82, 2.24) is 9.62 Å². The third kappa shape index (κ3) is 5.63. The summed E-state index contributed by atoms with van der Waals surface area (Å²) in [7, 11) is -2.19. The topological polar surface area (TPSA) is 92.5 Å². The number of nitrogens with one attached hydrogen (secondary N) is 1. The summed E-state index contributed by atoms with van der Waals surface area (Å²) in [6.07, 6.45) is 1.82. The molecule has 0 bridgehead atoms. The van der Waals surface area contributed by atoms with Crippen LogP contribution in [0.1, 0.15) is 41.7 Å². The van der Waals surface area contributed by atoms with Crippen molar-refractivity contribution < 1.29 is 13.2 Å². The summed E-state index contributed by atoms with van der Waals surface area (Å²) >= 11 is 0. The van der Waals surface area contributed by atoms with Crippen LogP contribution in [0.25, 0.3) is 0 Å². The largest absolute Gasteiger partial charge is 0.342 e. The summed E-state index contributed by atoms with van der Waals surface area (Å²) in [6, 6.07) is 15.0. The first-order chi connectivity index (χ1) is 12.9. The molecule has 3 N–H and O–H groups in total. The normalized spacial score (nSPS) is 12.6. The van der Waals surface area contributed by atoms with Gasteiger partial charge in [-0.2, -0.15) is 0 Å². The number of unbranched alkanes of at least 4 members (excludes halogenated alkanes) is 1. The molecule has 2 aromatic carbocycles. The lowest BCUT2D eigenvalue weighted by atomic mass is 10.1. The Labute approximate surface area is 161 Å². The first-order valence-electron chi connectivity index (χ1n) is 9.01. The quantitative estimate of drug-likeness (QED) is 0.689. The lowest BCUT2D eigenvalue weighted by molar-refractivity contribution is 0.0789. The van der Waals surface area contributed by atoms with E-state index in [1.165, 1.54) is 12.1 Å². The van der Waals surface area contributed by atoms with Gasteiger partial charge in [0, 0.05) is 26.2 Å². The Hall–Kier alpha value is -2.22. The summed E-state index contributed by atoms with van der Waals surface area (Å²) < 4.78 is 28.1. The van der Waals surface area contributed by atoms with Crippen molar-refractivity contribution in [3.63, 3.8) is 0 Å². The smallest absolute Gasteiger partial charge is 0.254 e. The number of carbonyl (C=O) groups excluding carboxylic acids is 1. The van der Waals surface area contributed by atoms with Crippen molar-refractivity contribution in [3.8, 4) is 0 Å². The zero-order valence-electron chi connectivity index (χ0n) is 15.8. The first-order valence-corrected chi connectivity index (χ1v) is 10.5. The Morgan fingerprint density at radius 2 is 1.74 bits per heavy atom. The molecule has 0 spiro atoms. The van der Waals surface area contributed by atoms with Crippen LogP contribution < -0.4 is 10.5 Å². The number of amides is 1. The fraction of sp³-hybridized carbons (Fsp3) is 0.350. The summed E-state index contributed by atoms with van der Waals surface area (Å²) in [4.78, 5) is 14.2. The molecule has 0 saturated heterocycles. The average molecular weight is 390 g/mol. The maximum atomic E-state index is 12.8. The third-order valence-corrected chi connectivity index (χ3v) is 5.80. The lowest BCUT2D eigenvalue weighted by Gasteiger charge is -2.19. The second-order valence-corrected chi connectivity index (χ2v) is 8.18. The van der Waals surface area contributed by atoms with Crippen LogP contribution >= 0.6 is 0 Å². The summed E-state index contributed by atoms with van der Waals surface area (Å²) in [5.41, 5.74) is 7.08. The molecule has 0 aliphatic heterocycles. The van der Waals surface area contributed by atoms with Gasteiger partial charge in [0.25, 0.3) is 5.91 Å². The van der Waals surface area contributed by atoms with Crippen LogP contribution in [0.5, 0.6) is 0 Å². The van der Waals surface area contributed by atoms with Gasteiger partial charge in [0.2, 0.25) is 10.0 Å². The van der Waals surface area contributed by atoms with E-state index in [0.717, 1.165) is 18.4 Å². The Balaban J connectivity index is 2.17. The van der Waals surface area contributed by atoms with Gasteiger partial charge < -0.3 is 10.6 Å². The molecular weight excluding hydrogens is 362 g/mol. The SMILES string of the molecule is CCCCN(C)C(=O)c1ccccc1S(=O)(=O)NCC(N)c1ccccc1. The van der Waals surface area contributed by atoms with Crippen LogP contribution in [0, 0.1) is 0 Å². The second-order valence-electron chi connectivity index (χ2n) is 6.45. The number of hydrogen-bond donors (Lipinski definition) is 2. The molecule has 1 atom stereocenters. The number of carbonyl (C=O) groups is 1. The molecule has 0 aromatic heterocycles. The van der Waals surface area contributed by atoms with Gasteiger partial charge in [0.15, 0.2) is 0 Å². The molecule has 2 aromatic rings. The van der Waals surface area contributed by atoms with Gasteiger partial charge in [0.05, 0.1) is 10.5 Å². The summed E-state index contributed by atoms with van der Waals surface area (Å²) in [5, 5.41) is 0. The van der Waals surface area contributed by atoms with Gasteiger partial charge in [-0.1, -0.05) is 55.8 Å². The molecule has 0 aliphatic carbocycles. The van der Waals surface area contributed by atoms with Gasteiger partial charge >= 0.3 is 0 Å². The van der Waals surface area contributed by atoms with Gasteiger partial charge in [-0.15, -0.1) is 0 Å². The number of benzene rings is 2. The molecule has 0 aliphatic rings. The van der Waals surface area contributed by atoms with E-state index in [1.807, 2.05) is 37.3 Å². The van der Waals surface area contributed by atoms with Crippen LogP contribution in [-0.4, -0.2) is 39.4 Å². The van der Waals surface area contributed by atoms with Crippen LogP contribution in [0.4, 0.5) is 0 Å². The summed E-state index contributed by atoms with van der Waals surface area (Å²) in [5.74, 6) is -0.309. The monoisotopic (exact) mass is 389 g/mol. The van der Waals surface area contributed by atoms with Crippen LogP contribution in [0.2, 0.25) is 0 Å². The fourth-order valence-corrected chi connectivity index (χ4v) is 3.93. The van der Waals surface area contributed by atoms with Crippen molar-refractivity contribution in [2.24, 2.45) is 5.73 Å². The molecule has 0 heterocycles. The Morgan fingerprint density at radius 3 is 2.41 bits per heavy atom. The molecule has 0 fully saturated rings. The molecule has 7 heteroatoms. The standard InChI is InChI=1S/C20H27N3O3S/c1-3-4-14-23(2)20(24)17-12-8-9-13-19(17)27(25,26)22-15-18(21)16-10-6-5-7-11-16/h5-13,18,22H,3-4,14-15,21H2,1-2H3. The zero-order chi connectivity index (χ0) is 19.9. The zero-order valence-corrected chi connectivity index (χ0v) is 16.6. The van der Waals surface area contributed by atoms with E-state index in [1.54, 1.807) is 24.1 Å². The number of hydrogen-bond acceptors (Lipinski definition) is 4. The van der Waals surface area contributed by atoms with E-state index in [2.05, 4.69) is 4.72 Å². The predicted molar refractivity (Wildman–Crippen MR) is 107 cm³/mol. The van der Waals surface area contributed by atoms with Crippen LogP contribution in [-0.2, 0) is 10.0 Å². The van der Waals surface area contributed by atoms with E-state index in [-0.39, 0.29) is 22.9 Å². The number of sulfonamides is 1. The molecule has 2 rings (SSSR count). The van der Waals surface area contributed by atoms with Crippen molar-refractivity contribution in [1.29, 1.82) is 0 Å². The molecule has 146 valence electrons. The van der Waals surface area contributed by atoms with E-state index in [4.69, 9.17) is 5.73 Å². The molecule has 0 saturated carbocycles. The van der Waals surface area contributed by atoms with E-state index < -0.39 is 16.1 Å². The van der Waals surface area contributed by atoms with E-state index in [9.17, 15) is 13.2 Å². The van der Waals surface area contributed by atoms with Gasteiger partial charge in [0.1, 0.15) is 0 Å². The molecule has 1 amide bonds. The maximum absolute atomic E-state index is 12.8. The predicted octanol–water partition coefficient (Wildman–Crippen LogP) is 2.54.